The van der Waals surface area contributed by atoms with Crippen LogP contribution in [0, 0.1) is 6.92 Å². The molecule has 0 atom stereocenters. The molecule has 3 aromatic heterocycles. The smallest absolute Gasteiger partial charge is 0.181 e. The molecule has 0 fully saturated rings. The van der Waals surface area contributed by atoms with Gasteiger partial charge in [-0.25, -0.2) is 0 Å². The highest BCUT2D eigenvalue weighted by Crippen LogP contribution is 2.53. The van der Waals surface area contributed by atoms with E-state index < -0.39 is 0 Å². The number of rotatable bonds is 9. The maximum Gasteiger partial charge on any atom is 0.181 e. The summed E-state index contributed by atoms with van der Waals surface area (Å²) < 4.78 is 22.6. The number of benzene rings is 2. The Morgan fingerprint density at radius 1 is 0.917 bits per heavy atom. The number of ether oxygens (including phenoxy) is 2. The first-order valence-electron chi connectivity index (χ1n) is 11.5. The summed E-state index contributed by atoms with van der Waals surface area (Å²) in [6.45, 7) is 7.94. The molecule has 180 valence electrons. The van der Waals surface area contributed by atoms with Crippen molar-refractivity contribution in [3.63, 3.8) is 0 Å². The van der Waals surface area contributed by atoms with Gasteiger partial charge in [-0.05, 0) is 53.9 Å². The van der Waals surface area contributed by atoms with Crippen molar-refractivity contribution in [1.29, 1.82) is 0 Å². The molecule has 5 aromatic rings. The minimum Gasteiger partial charge on any atom is -0.460 e. The normalized spacial score (nSPS) is 11.9. The van der Waals surface area contributed by atoms with Crippen LogP contribution in [0.1, 0.15) is 18.9 Å². The van der Waals surface area contributed by atoms with Crippen molar-refractivity contribution in [2.75, 3.05) is 0 Å². The van der Waals surface area contributed by atoms with Crippen LogP contribution in [0.25, 0.3) is 31.9 Å². The van der Waals surface area contributed by atoms with E-state index in [0.29, 0.717) is 11.5 Å². The Bertz CT molecular complexity index is 1530. The molecule has 0 saturated heterocycles. The number of aryl methyl sites for hydroxylation is 1. The van der Waals surface area contributed by atoms with E-state index in [2.05, 4.69) is 43.3 Å². The first kappa shape index (κ1) is 24.2. The Labute approximate surface area is 222 Å². The minimum atomic E-state index is 0.625. The summed E-state index contributed by atoms with van der Waals surface area (Å²) in [5.74, 6) is 1.98. The number of hydrogen-bond donors (Lipinski definition) is 0. The van der Waals surface area contributed by atoms with E-state index in [0.717, 1.165) is 49.7 Å². The molecule has 0 radical (unpaired) electrons. The van der Waals surface area contributed by atoms with Gasteiger partial charge in [-0.1, -0.05) is 61.6 Å². The SMILES string of the molecule is C=C/C=C\C(=C\Oc1c(Oc2ccc(C)cc2)c(-c2cccs2)c2nsnc2c1-c1cccs1)CC. The van der Waals surface area contributed by atoms with Gasteiger partial charge in [0.05, 0.1) is 29.1 Å². The highest BCUT2D eigenvalue weighted by molar-refractivity contribution is 7.14. The summed E-state index contributed by atoms with van der Waals surface area (Å²) >= 11 is 4.48. The van der Waals surface area contributed by atoms with E-state index in [4.69, 9.17) is 18.2 Å². The summed E-state index contributed by atoms with van der Waals surface area (Å²) in [7, 11) is 0. The van der Waals surface area contributed by atoms with Crippen LogP contribution in [0.2, 0.25) is 0 Å². The van der Waals surface area contributed by atoms with Crippen LogP contribution in [0.3, 0.4) is 0 Å². The van der Waals surface area contributed by atoms with Crippen molar-refractivity contribution in [2.24, 2.45) is 0 Å². The Hall–Kier alpha value is -3.52. The highest BCUT2D eigenvalue weighted by Gasteiger charge is 2.28. The standard InChI is InChI=1S/C29H24N2O2S3/c1-4-6-9-20(5-2)18-32-28-24(22-10-7-16-34-22)26-27(31-36-30-26)25(23-11-8-17-35-23)29(28)33-21-14-12-19(3)13-15-21/h4,6-18H,1,5H2,2-3H3/b9-6-,20-18+. The van der Waals surface area contributed by atoms with Gasteiger partial charge in [-0.3, -0.25) is 0 Å². The van der Waals surface area contributed by atoms with E-state index in [-0.39, 0.29) is 0 Å². The van der Waals surface area contributed by atoms with E-state index in [9.17, 15) is 0 Å². The number of aromatic nitrogens is 2. The first-order valence-corrected chi connectivity index (χ1v) is 14.0. The van der Waals surface area contributed by atoms with Crippen molar-refractivity contribution in [3.05, 3.63) is 101 Å². The number of allylic oxidation sites excluding steroid dienone is 4. The Morgan fingerprint density at radius 2 is 1.56 bits per heavy atom. The Morgan fingerprint density at radius 3 is 2.11 bits per heavy atom. The molecular weight excluding hydrogens is 505 g/mol. The Balaban J connectivity index is 1.81. The van der Waals surface area contributed by atoms with Gasteiger partial charge in [0.2, 0.25) is 0 Å². The fourth-order valence-corrected chi connectivity index (χ4v) is 5.85. The summed E-state index contributed by atoms with van der Waals surface area (Å²) in [6.07, 6.45) is 8.27. The molecule has 0 aliphatic heterocycles. The van der Waals surface area contributed by atoms with E-state index in [1.54, 1.807) is 35.0 Å². The van der Waals surface area contributed by atoms with Crippen LogP contribution < -0.4 is 9.47 Å². The van der Waals surface area contributed by atoms with Crippen molar-refractivity contribution >= 4 is 45.4 Å². The van der Waals surface area contributed by atoms with Gasteiger partial charge in [-0.15, -0.1) is 22.7 Å². The van der Waals surface area contributed by atoms with Crippen LogP contribution in [0.4, 0.5) is 0 Å². The predicted octanol–water partition coefficient (Wildman–Crippen LogP) is 9.66. The molecule has 0 bridgehead atoms. The second-order valence-electron chi connectivity index (χ2n) is 8.00. The molecule has 0 aliphatic carbocycles. The van der Waals surface area contributed by atoms with Gasteiger partial charge in [0, 0.05) is 9.75 Å². The largest absolute Gasteiger partial charge is 0.460 e. The molecule has 0 saturated carbocycles. The quantitative estimate of drug-likeness (QED) is 0.141. The molecule has 5 rings (SSSR count). The van der Waals surface area contributed by atoms with Gasteiger partial charge in [0.25, 0.3) is 0 Å². The highest BCUT2D eigenvalue weighted by atomic mass is 32.1. The van der Waals surface area contributed by atoms with Gasteiger partial charge < -0.3 is 9.47 Å². The number of nitrogens with zero attached hydrogens (tertiary/aromatic N) is 2. The monoisotopic (exact) mass is 528 g/mol. The van der Waals surface area contributed by atoms with Gasteiger partial charge >= 0.3 is 0 Å². The zero-order valence-corrected chi connectivity index (χ0v) is 22.4. The van der Waals surface area contributed by atoms with Crippen molar-refractivity contribution in [1.82, 2.24) is 8.75 Å². The zero-order chi connectivity index (χ0) is 24.9. The average molecular weight is 529 g/mol. The van der Waals surface area contributed by atoms with Crippen LogP contribution in [-0.4, -0.2) is 8.75 Å². The topological polar surface area (TPSA) is 44.2 Å². The molecule has 2 aromatic carbocycles. The number of hydrogen-bond acceptors (Lipinski definition) is 7. The van der Waals surface area contributed by atoms with Crippen LogP contribution >= 0.6 is 34.4 Å². The second kappa shape index (κ2) is 11.0. The lowest BCUT2D eigenvalue weighted by Crippen LogP contribution is -1.98. The molecule has 0 aliphatic rings. The second-order valence-corrected chi connectivity index (χ2v) is 10.4. The lowest BCUT2D eigenvalue weighted by Gasteiger charge is -2.18. The molecule has 0 spiro atoms. The lowest BCUT2D eigenvalue weighted by molar-refractivity contribution is 0.419. The summed E-state index contributed by atoms with van der Waals surface area (Å²) in [4.78, 5) is 2.09. The first-order chi connectivity index (χ1) is 17.7. The molecule has 0 N–H and O–H groups in total. The molecule has 7 heteroatoms. The van der Waals surface area contributed by atoms with Crippen molar-refractivity contribution in [2.45, 2.75) is 20.3 Å². The van der Waals surface area contributed by atoms with Crippen LogP contribution in [0.5, 0.6) is 17.2 Å². The fourth-order valence-electron chi connectivity index (χ4n) is 3.76. The van der Waals surface area contributed by atoms with Gasteiger partial charge in [-0.2, -0.15) is 8.75 Å². The molecular formula is C29H24N2O2S3. The third-order valence-corrected chi connectivity index (χ3v) is 7.88. The van der Waals surface area contributed by atoms with E-state index in [1.165, 1.54) is 17.3 Å². The molecule has 0 amide bonds. The summed E-state index contributed by atoms with van der Waals surface area (Å²) in [6, 6.07) is 16.3. The Kier molecular flexibility index (Phi) is 7.41. The van der Waals surface area contributed by atoms with E-state index >= 15 is 0 Å². The molecule has 4 nitrogen and oxygen atoms in total. The molecule has 0 unspecified atom stereocenters. The van der Waals surface area contributed by atoms with Crippen molar-refractivity contribution < 1.29 is 9.47 Å². The van der Waals surface area contributed by atoms with Crippen LogP contribution in [0.15, 0.2) is 95.9 Å². The third kappa shape index (κ3) is 4.91. The summed E-state index contributed by atoms with van der Waals surface area (Å²) in [5.41, 5.74) is 5.59. The third-order valence-electron chi connectivity index (χ3n) is 5.58. The predicted molar refractivity (Wildman–Crippen MR) is 154 cm³/mol. The van der Waals surface area contributed by atoms with Gasteiger partial charge in [0.15, 0.2) is 11.5 Å². The zero-order valence-electron chi connectivity index (χ0n) is 19.9. The summed E-state index contributed by atoms with van der Waals surface area (Å²) in [5, 5.41) is 4.11. The number of thiophene rings is 2. The van der Waals surface area contributed by atoms with Gasteiger partial charge in [0.1, 0.15) is 16.8 Å². The van der Waals surface area contributed by atoms with E-state index in [1.807, 2.05) is 48.6 Å². The fraction of sp³-hybridized carbons (Fsp3) is 0.103. The van der Waals surface area contributed by atoms with Crippen LogP contribution in [-0.2, 0) is 0 Å². The average Bonchev–Trinajstić information content (AvgIpc) is 3.68. The molecule has 36 heavy (non-hydrogen) atoms. The molecule has 3 heterocycles. The lowest BCUT2D eigenvalue weighted by atomic mass is 10.0. The maximum absolute atomic E-state index is 6.64. The van der Waals surface area contributed by atoms with Crippen molar-refractivity contribution in [3.8, 4) is 38.1 Å². The maximum atomic E-state index is 6.64. The minimum absolute atomic E-state index is 0.625. The number of fused-ring (bicyclic) bond motifs is 1.